The van der Waals surface area contributed by atoms with Crippen molar-refractivity contribution in [1.82, 2.24) is 4.90 Å². The zero-order chi connectivity index (χ0) is 11.4. The van der Waals surface area contributed by atoms with Crippen molar-refractivity contribution in [3.63, 3.8) is 0 Å². The largest absolute Gasteiger partial charge is 0.395 e. The summed E-state index contributed by atoms with van der Waals surface area (Å²) in [6.07, 6.45) is 5.34. The smallest absolute Gasteiger partial charge is 0.223 e. The number of carbonyl (C=O) groups is 1. The summed E-state index contributed by atoms with van der Waals surface area (Å²) in [5, 5.41) is 8.97. The molecule has 2 fully saturated rings. The lowest BCUT2D eigenvalue weighted by molar-refractivity contribution is -0.133. The highest BCUT2D eigenvalue weighted by atomic mass is 32.2. The van der Waals surface area contributed by atoms with Gasteiger partial charge in [0.05, 0.1) is 6.61 Å². The predicted molar refractivity (Wildman–Crippen MR) is 66.5 cm³/mol. The van der Waals surface area contributed by atoms with Crippen molar-refractivity contribution in [2.75, 3.05) is 24.7 Å². The fourth-order valence-corrected chi connectivity index (χ4v) is 3.52. The number of carbonyl (C=O) groups excluding carboxylic acids is 1. The van der Waals surface area contributed by atoms with E-state index in [0.717, 1.165) is 12.8 Å². The molecule has 1 aliphatic carbocycles. The first-order valence-corrected chi connectivity index (χ1v) is 7.45. The van der Waals surface area contributed by atoms with E-state index in [-0.39, 0.29) is 12.5 Å². The van der Waals surface area contributed by atoms with Gasteiger partial charge in [0.1, 0.15) is 0 Å². The standard InChI is InChI=1S/C12H21NO2S/c14-6-5-13(11-1-2-11)12(15)9-10-3-7-16-8-4-10/h10-11,14H,1-9H2. The van der Waals surface area contributed by atoms with Crippen LogP contribution in [0, 0.1) is 5.92 Å². The molecule has 1 saturated heterocycles. The van der Waals surface area contributed by atoms with E-state index in [9.17, 15) is 4.79 Å². The lowest BCUT2D eigenvalue weighted by atomic mass is 9.98. The Kier molecular flexibility index (Phi) is 4.53. The lowest BCUT2D eigenvalue weighted by Gasteiger charge is -2.26. The summed E-state index contributed by atoms with van der Waals surface area (Å²) in [4.78, 5) is 14.0. The summed E-state index contributed by atoms with van der Waals surface area (Å²) in [6.45, 7) is 0.633. The van der Waals surface area contributed by atoms with Gasteiger partial charge < -0.3 is 10.0 Å². The highest BCUT2D eigenvalue weighted by molar-refractivity contribution is 7.99. The molecule has 0 atom stereocenters. The first-order valence-electron chi connectivity index (χ1n) is 6.29. The van der Waals surface area contributed by atoms with Gasteiger partial charge in [0.15, 0.2) is 0 Å². The maximum atomic E-state index is 12.1. The number of hydrogen-bond acceptors (Lipinski definition) is 3. The van der Waals surface area contributed by atoms with Gasteiger partial charge in [0.2, 0.25) is 5.91 Å². The Morgan fingerprint density at radius 3 is 2.50 bits per heavy atom. The fourth-order valence-electron chi connectivity index (χ4n) is 2.32. The van der Waals surface area contributed by atoms with Crippen LogP contribution in [0.25, 0.3) is 0 Å². The maximum absolute atomic E-state index is 12.1. The first kappa shape index (κ1) is 12.2. The molecule has 16 heavy (non-hydrogen) atoms. The van der Waals surface area contributed by atoms with E-state index < -0.39 is 0 Å². The topological polar surface area (TPSA) is 40.5 Å². The quantitative estimate of drug-likeness (QED) is 0.795. The van der Waals surface area contributed by atoms with Crippen LogP contribution in [0.2, 0.25) is 0 Å². The Morgan fingerprint density at radius 1 is 1.25 bits per heavy atom. The molecule has 1 saturated carbocycles. The molecule has 1 N–H and O–H groups in total. The van der Waals surface area contributed by atoms with Crippen molar-refractivity contribution >= 4 is 17.7 Å². The van der Waals surface area contributed by atoms with E-state index in [2.05, 4.69) is 0 Å². The van der Waals surface area contributed by atoms with Crippen molar-refractivity contribution in [1.29, 1.82) is 0 Å². The van der Waals surface area contributed by atoms with E-state index in [4.69, 9.17) is 5.11 Å². The number of thioether (sulfide) groups is 1. The van der Waals surface area contributed by atoms with Gasteiger partial charge in [0, 0.05) is 19.0 Å². The maximum Gasteiger partial charge on any atom is 0.223 e. The SMILES string of the molecule is O=C(CC1CCSCC1)N(CCO)C1CC1. The summed E-state index contributed by atoms with van der Waals surface area (Å²) in [5.74, 6) is 3.28. The van der Waals surface area contributed by atoms with E-state index >= 15 is 0 Å². The summed E-state index contributed by atoms with van der Waals surface area (Å²) in [5.41, 5.74) is 0. The van der Waals surface area contributed by atoms with Gasteiger partial charge in [-0.1, -0.05) is 0 Å². The zero-order valence-corrected chi connectivity index (χ0v) is 10.5. The average Bonchev–Trinajstić information content (AvgIpc) is 3.11. The van der Waals surface area contributed by atoms with E-state index in [1.807, 2.05) is 16.7 Å². The van der Waals surface area contributed by atoms with Crippen LogP contribution in [0.1, 0.15) is 32.1 Å². The van der Waals surface area contributed by atoms with Gasteiger partial charge in [-0.05, 0) is 43.1 Å². The molecule has 0 aromatic rings. The molecule has 1 aliphatic heterocycles. The highest BCUT2D eigenvalue weighted by Crippen LogP contribution is 2.30. The van der Waals surface area contributed by atoms with Gasteiger partial charge >= 0.3 is 0 Å². The third-order valence-corrected chi connectivity index (χ3v) is 4.50. The van der Waals surface area contributed by atoms with Crippen molar-refractivity contribution in [3.8, 4) is 0 Å². The molecule has 0 bridgehead atoms. The second-order valence-electron chi connectivity index (χ2n) is 4.80. The molecule has 0 aromatic carbocycles. The number of aliphatic hydroxyl groups excluding tert-OH is 1. The van der Waals surface area contributed by atoms with Crippen molar-refractivity contribution in [3.05, 3.63) is 0 Å². The van der Waals surface area contributed by atoms with Crippen LogP contribution in [-0.4, -0.2) is 46.6 Å². The third kappa shape index (κ3) is 3.39. The molecule has 2 aliphatic rings. The number of nitrogens with zero attached hydrogens (tertiary/aromatic N) is 1. The van der Waals surface area contributed by atoms with Gasteiger partial charge in [-0.3, -0.25) is 4.79 Å². The van der Waals surface area contributed by atoms with Crippen LogP contribution >= 0.6 is 11.8 Å². The fraction of sp³-hybridized carbons (Fsp3) is 0.917. The second kappa shape index (κ2) is 5.92. The highest BCUT2D eigenvalue weighted by Gasteiger charge is 2.32. The molecule has 4 heteroatoms. The molecular formula is C12H21NO2S. The number of hydrogen-bond donors (Lipinski definition) is 1. The summed E-state index contributed by atoms with van der Waals surface area (Å²) in [6, 6.07) is 0.442. The summed E-state index contributed by atoms with van der Waals surface area (Å²) < 4.78 is 0. The van der Waals surface area contributed by atoms with Gasteiger partial charge in [-0.2, -0.15) is 11.8 Å². The first-order chi connectivity index (χ1) is 7.81. The predicted octanol–water partition coefficient (Wildman–Crippen LogP) is 1.50. The van der Waals surface area contributed by atoms with Crippen LogP contribution in [0.15, 0.2) is 0 Å². The minimum atomic E-state index is 0.1000. The Balaban J connectivity index is 1.79. The normalized spacial score (nSPS) is 22.1. The molecule has 0 radical (unpaired) electrons. The number of aliphatic hydroxyl groups is 1. The second-order valence-corrected chi connectivity index (χ2v) is 6.03. The minimum Gasteiger partial charge on any atom is -0.395 e. The number of rotatable bonds is 5. The average molecular weight is 243 g/mol. The monoisotopic (exact) mass is 243 g/mol. The molecule has 1 heterocycles. The van der Waals surface area contributed by atoms with Crippen LogP contribution in [0.4, 0.5) is 0 Å². The number of amides is 1. The Morgan fingerprint density at radius 2 is 1.94 bits per heavy atom. The molecule has 0 unspecified atom stereocenters. The van der Waals surface area contributed by atoms with Crippen molar-refractivity contribution in [2.24, 2.45) is 5.92 Å². The van der Waals surface area contributed by atoms with E-state index in [1.54, 1.807) is 0 Å². The van der Waals surface area contributed by atoms with Gasteiger partial charge in [-0.25, -0.2) is 0 Å². The molecule has 92 valence electrons. The minimum absolute atomic E-state index is 0.1000. The molecular weight excluding hydrogens is 222 g/mol. The summed E-state index contributed by atoms with van der Waals surface area (Å²) in [7, 11) is 0. The zero-order valence-electron chi connectivity index (χ0n) is 9.73. The third-order valence-electron chi connectivity index (χ3n) is 3.45. The Bertz CT molecular complexity index is 237. The molecule has 0 spiro atoms. The van der Waals surface area contributed by atoms with E-state index in [1.165, 1.54) is 24.3 Å². The van der Waals surface area contributed by atoms with Crippen LogP contribution in [-0.2, 0) is 4.79 Å². The molecule has 1 amide bonds. The molecule has 0 aromatic heterocycles. The van der Waals surface area contributed by atoms with E-state index in [0.29, 0.717) is 24.9 Å². The van der Waals surface area contributed by atoms with Crippen molar-refractivity contribution in [2.45, 2.75) is 38.1 Å². The van der Waals surface area contributed by atoms with Gasteiger partial charge in [0.25, 0.3) is 0 Å². The van der Waals surface area contributed by atoms with Crippen molar-refractivity contribution < 1.29 is 9.90 Å². The Hall–Kier alpha value is -0.220. The Labute approximate surface area is 102 Å². The van der Waals surface area contributed by atoms with Crippen LogP contribution in [0.3, 0.4) is 0 Å². The van der Waals surface area contributed by atoms with Gasteiger partial charge in [-0.15, -0.1) is 0 Å². The molecule has 2 rings (SSSR count). The van der Waals surface area contributed by atoms with Crippen LogP contribution in [0.5, 0.6) is 0 Å². The summed E-state index contributed by atoms with van der Waals surface area (Å²) >= 11 is 2.00. The molecule has 3 nitrogen and oxygen atoms in total. The lowest BCUT2D eigenvalue weighted by Crippen LogP contribution is -2.36. The van der Waals surface area contributed by atoms with Crippen LogP contribution < -0.4 is 0 Å².